The Morgan fingerprint density at radius 3 is 1.40 bits per heavy atom. The van der Waals surface area contributed by atoms with E-state index in [-0.39, 0.29) is 11.6 Å². The summed E-state index contributed by atoms with van der Waals surface area (Å²) in [6.45, 7) is 0. The third-order valence-electron chi connectivity index (χ3n) is 1.62. The molecular weight excluding hydrogens is 190 g/mol. The topological polar surface area (TPSA) is 60.2 Å². The largest absolute Gasteiger partial charge is 0.399 e. The van der Waals surface area contributed by atoms with E-state index in [1.807, 2.05) is 30.3 Å². The molecule has 1 aliphatic carbocycles. The van der Waals surface area contributed by atoms with E-state index in [4.69, 9.17) is 5.73 Å². The molecule has 2 rings (SSSR count). The highest BCUT2D eigenvalue weighted by Gasteiger charge is 1.97. The molecule has 1 aliphatic rings. The maximum absolute atomic E-state index is 10.3. The quantitative estimate of drug-likeness (QED) is 0.511. The van der Waals surface area contributed by atoms with E-state index >= 15 is 0 Å². The Morgan fingerprint density at radius 1 is 0.733 bits per heavy atom. The predicted molar refractivity (Wildman–Crippen MR) is 59.1 cm³/mol. The molecule has 0 spiro atoms. The number of allylic oxidation sites excluding steroid dienone is 4. The van der Waals surface area contributed by atoms with Gasteiger partial charge in [-0.05, 0) is 36.4 Å². The molecule has 0 aliphatic heterocycles. The first kappa shape index (κ1) is 10.9. The summed E-state index contributed by atoms with van der Waals surface area (Å²) in [4.78, 5) is 20.6. The molecule has 0 bridgehead atoms. The lowest BCUT2D eigenvalue weighted by atomic mass is 10.2. The van der Waals surface area contributed by atoms with Gasteiger partial charge in [-0.2, -0.15) is 0 Å². The van der Waals surface area contributed by atoms with Gasteiger partial charge in [-0.25, -0.2) is 0 Å². The summed E-state index contributed by atoms with van der Waals surface area (Å²) in [6, 6.07) is 9.49. The molecule has 1 aromatic carbocycles. The standard InChI is InChI=1S/C6H7N.C6H4O2/c7-6-4-2-1-3-5-6;7-5-1-2-6(8)4-3-5/h1-5H,7H2;1-4H. The number of para-hydroxylation sites is 1. The van der Waals surface area contributed by atoms with E-state index in [0.29, 0.717) is 0 Å². The number of ketones is 2. The molecule has 0 radical (unpaired) electrons. The molecule has 15 heavy (non-hydrogen) atoms. The second-order valence-corrected chi connectivity index (χ2v) is 2.88. The van der Waals surface area contributed by atoms with Crippen LogP contribution in [-0.2, 0) is 9.59 Å². The first-order chi connectivity index (χ1) is 7.18. The number of carbonyl (C=O) groups is 2. The van der Waals surface area contributed by atoms with Crippen LogP contribution in [-0.4, -0.2) is 11.6 Å². The Kier molecular flexibility index (Phi) is 4.04. The van der Waals surface area contributed by atoms with Crippen LogP contribution in [0.25, 0.3) is 0 Å². The maximum atomic E-state index is 10.3. The van der Waals surface area contributed by atoms with E-state index in [0.717, 1.165) is 5.69 Å². The molecule has 0 aromatic heterocycles. The number of nitrogen functional groups attached to an aromatic ring is 1. The third-order valence-corrected chi connectivity index (χ3v) is 1.62. The van der Waals surface area contributed by atoms with Gasteiger partial charge in [-0.3, -0.25) is 9.59 Å². The number of anilines is 1. The van der Waals surface area contributed by atoms with Gasteiger partial charge in [0, 0.05) is 5.69 Å². The van der Waals surface area contributed by atoms with Gasteiger partial charge < -0.3 is 5.73 Å². The summed E-state index contributed by atoms with van der Waals surface area (Å²) < 4.78 is 0. The van der Waals surface area contributed by atoms with Gasteiger partial charge in [-0.15, -0.1) is 0 Å². The molecule has 0 heterocycles. The number of benzene rings is 1. The van der Waals surface area contributed by atoms with Crippen molar-refractivity contribution >= 4 is 17.3 Å². The summed E-state index contributed by atoms with van der Waals surface area (Å²) in [6.07, 6.45) is 5.01. The molecule has 1 aromatic rings. The summed E-state index contributed by atoms with van der Waals surface area (Å²) in [7, 11) is 0. The van der Waals surface area contributed by atoms with E-state index in [2.05, 4.69) is 0 Å². The van der Waals surface area contributed by atoms with Gasteiger partial charge in [0.2, 0.25) is 0 Å². The molecule has 0 atom stereocenters. The number of hydrogen-bond acceptors (Lipinski definition) is 3. The molecule has 0 saturated carbocycles. The molecule has 3 heteroatoms. The Hall–Kier alpha value is -2.16. The summed E-state index contributed by atoms with van der Waals surface area (Å²) in [5.41, 5.74) is 6.18. The minimum atomic E-state index is -0.121. The SMILES string of the molecule is Nc1ccccc1.O=C1C=CC(=O)C=C1. The Bertz CT molecular complexity index is 367. The predicted octanol–water partition coefficient (Wildman–Crippen LogP) is 1.52. The van der Waals surface area contributed by atoms with Crippen molar-refractivity contribution in [1.29, 1.82) is 0 Å². The Morgan fingerprint density at radius 2 is 1.13 bits per heavy atom. The van der Waals surface area contributed by atoms with Crippen molar-refractivity contribution in [2.45, 2.75) is 0 Å². The van der Waals surface area contributed by atoms with E-state index < -0.39 is 0 Å². The van der Waals surface area contributed by atoms with Crippen molar-refractivity contribution in [2.75, 3.05) is 5.73 Å². The van der Waals surface area contributed by atoms with Crippen LogP contribution in [0.5, 0.6) is 0 Å². The van der Waals surface area contributed by atoms with Gasteiger partial charge in [0.05, 0.1) is 0 Å². The van der Waals surface area contributed by atoms with Crippen LogP contribution in [0.4, 0.5) is 5.69 Å². The second kappa shape index (κ2) is 5.54. The lowest BCUT2D eigenvalue weighted by Crippen LogP contribution is -1.97. The van der Waals surface area contributed by atoms with Crippen molar-refractivity contribution < 1.29 is 9.59 Å². The van der Waals surface area contributed by atoms with Crippen molar-refractivity contribution in [1.82, 2.24) is 0 Å². The zero-order valence-electron chi connectivity index (χ0n) is 8.09. The Labute approximate surface area is 87.9 Å². The molecule has 0 amide bonds. The van der Waals surface area contributed by atoms with Crippen LogP contribution >= 0.6 is 0 Å². The van der Waals surface area contributed by atoms with E-state index in [9.17, 15) is 9.59 Å². The molecule has 0 saturated heterocycles. The van der Waals surface area contributed by atoms with Gasteiger partial charge >= 0.3 is 0 Å². The number of rotatable bonds is 0. The zero-order valence-corrected chi connectivity index (χ0v) is 8.09. The van der Waals surface area contributed by atoms with E-state index in [1.165, 1.54) is 24.3 Å². The fraction of sp³-hybridized carbons (Fsp3) is 0. The van der Waals surface area contributed by atoms with E-state index in [1.54, 1.807) is 0 Å². The van der Waals surface area contributed by atoms with Crippen LogP contribution in [0.3, 0.4) is 0 Å². The zero-order chi connectivity index (χ0) is 11.1. The summed E-state index contributed by atoms with van der Waals surface area (Å²) in [5, 5.41) is 0. The van der Waals surface area contributed by atoms with Crippen molar-refractivity contribution in [3.05, 3.63) is 54.6 Å². The highest BCUT2D eigenvalue weighted by molar-refractivity contribution is 6.14. The number of carbonyl (C=O) groups excluding carboxylic acids is 2. The van der Waals surface area contributed by atoms with Gasteiger partial charge in [0.15, 0.2) is 11.6 Å². The minimum absolute atomic E-state index is 0.121. The lowest BCUT2D eigenvalue weighted by Gasteiger charge is -1.87. The van der Waals surface area contributed by atoms with Gasteiger partial charge in [0.25, 0.3) is 0 Å². The first-order valence-electron chi connectivity index (χ1n) is 4.43. The minimum Gasteiger partial charge on any atom is -0.399 e. The van der Waals surface area contributed by atoms with Crippen LogP contribution in [0.2, 0.25) is 0 Å². The molecule has 0 fully saturated rings. The average Bonchev–Trinajstić information content (AvgIpc) is 2.25. The van der Waals surface area contributed by atoms with Crippen LogP contribution in [0, 0.1) is 0 Å². The van der Waals surface area contributed by atoms with Crippen molar-refractivity contribution in [3.63, 3.8) is 0 Å². The fourth-order valence-electron chi connectivity index (χ4n) is 0.893. The van der Waals surface area contributed by atoms with Gasteiger partial charge in [-0.1, -0.05) is 18.2 Å². The summed E-state index contributed by atoms with van der Waals surface area (Å²) in [5.74, 6) is -0.241. The smallest absolute Gasteiger partial charge is 0.178 e. The second-order valence-electron chi connectivity index (χ2n) is 2.88. The summed E-state index contributed by atoms with van der Waals surface area (Å²) >= 11 is 0. The molecule has 0 unspecified atom stereocenters. The highest BCUT2D eigenvalue weighted by Crippen LogP contribution is 1.95. The highest BCUT2D eigenvalue weighted by atomic mass is 16.1. The number of nitrogens with two attached hydrogens (primary N) is 1. The van der Waals surface area contributed by atoms with Crippen LogP contribution < -0.4 is 5.73 Å². The monoisotopic (exact) mass is 201 g/mol. The van der Waals surface area contributed by atoms with Crippen LogP contribution in [0.1, 0.15) is 0 Å². The number of hydrogen-bond donors (Lipinski definition) is 1. The molecule has 76 valence electrons. The third kappa shape index (κ3) is 4.57. The molecule has 3 nitrogen and oxygen atoms in total. The van der Waals surface area contributed by atoms with Crippen molar-refractivity contribution in [2.24, 2.45) is 0 Å². The normalized spacial score (nSPS) is 13.3. The van der Waals surface area contributed by atoms with Crippen molar-refractivity contribution in [3.8, 4) is 0 Å². The lowest BCUT2D eigenvalue weighted by molar-refractivity contribution is -0.113. The van der Waals surface area contributed by atoms with Gasteiger partial charge in [0.1, 0.15) is 0 Å². The maximum Gasteiger partial charge on any atom is 0.178 e. The van der Waals surface area contributed by atoms with Crippen LogP contribution in [0.15, 0.2) is 54.6 Å². The fourth-order valence-corrected chi connectivity index (χ4v) is 0.893. The average molecular weight is 201 g/mol. The Balaban J connectivity index is 0.000000151. The molecule has 2 N–H and O–H groups in total. The molecular formula is C12H11NO2. The first-order valence-corrected chi connectivity index (χ1v) is 4.43.